The number of H-pyrrole nitrogens is 1. The number of hydrogen-bond donors (Lipinski definition) is 1. The second-order valence-electron chi connectivity index (χ2n) is 6.53. The van der Waals surface area contributed by atoms with Crippen LogP contribution in [0.2, 0.25) is 0 Å². The standard InChI is InChI=1S/C22H18N6/c1-2-28-21(12-19(27-28)20-14-23-8-9-24-20)17-10-16-11-18(26-22(16)25-13-17)15-6-4-3-5-7-15/h3-14H,2H2,1H3,(H,25,26). The molecule has 5 aromatic rings. The second-order valence-corrected chi connectivity index (χ2v) is 6.53. The molecule has 0 aliphatic heterocycles. The fourth-order valence-corrected chi connectivity index (χ4v) is 3.38. The molecule has 0 radical (unpaired) electrons. The maximum atomic E-state index is 4.69. The number of nitrogens with one attached hydrogen (secondary N) is 1. The number of aromatic nitrogens is 6. The largest absolute Gasteiger partial charge is 0.339 e. The molecule has 4 aromatic heterocycles. The van der Waals surface area contributed by atoms with Crippen LogP contribution in [0, 0.1) is 0 Å². The van der Waals surface area contributed by atoms with Crippen molar-refractivity contribution >= 4 is 11.0 Å². The summed E-state index contributed by atoms with van der Waals surface area (Å²) in [6, 6.07) is 16.6. The van der Waals surface area contributed by atoms with Gasteiger partial charge in [0, 0.05) is 41.8 Å². The summed E-state index contributed by atoms with van der Waals surface area (Å²) in [5.41, 5.74) is 6.69. The van der Waals surface area contributed by atoms with E-state index in [1.807, 2.05) is 35.1 Å². The molecule has 1 aromatic carbocycles. The van der Waals surface area contributed by atoms with Crippen LogP contribution in [-0.2, 0) is 6.54 Å². The van der Waals surface area contributed by atoms with E-state index in [-0.39, 0.29) is 0 Å². The SMILES string of the molecule is CCn1nc(-c2cnccn2)cc1-c1cnc2[nH]c(-c3ccccc3)cc2c1. The number of benzene rings is 1. The lowest BCUT2D eigenvalue weighted by Crippen LogP contribution is -1.99. The van der Waals surface area contributed by atoms with Crippen molar-refractivity contribution in [1.82, 2.24) is 29.7 Å². The molecule has 0 bridgehead atoms. The molecule has 1 N–H and O–H groups in total. The number of hydrogen-bond acceptors (Lipinski definition) is 4. The number of fused-ring (bicyclic) bond motifs is 1. The predicted molar refractivity (Wildman–Crippen MR) is 109 cm³/mol. The second kappa shape index (κ2) is 6.74. The Morgan fingerprint density at radius 3 is 2.57 bits per heavy atom. The highest BCUT2D eigenvalue weighted by atomic mass is 15.3. The van der Waals surface area contributed by atoms with Gasteiger partial charge in [-0.2, -0.15) is 5.10 Å². The van der Waals surface area contributed by atoms with Crippen LogP contribution in [0.5, 0.6) is 0 Å². The van der Waals surface area contributed by atoms with Crippen LogP contribution >= 0.6 is 0 Å². The molecule has 0 unspecified atom stereocenters. The molecule has 0 aliphatic carbocycles. The average Bonchev–Trinajstić information content (AvgIpc) is 3.39. The molecule has 0 fully saturated rings. The van der Waals surface area contributed by atoms with E-state index < -0.39 is 0 Å². The van der Waals surface area contributed by atoms with Gasteiger partial charge in [0.25, 0.3) is 0 Å². The van der Waals surface area contributed by atoms with Gasteiger partial charge in [0.05, 0.1) is 11.9 Å². The minimum Gasteiger partial charge on any atom is -0.339 e. The first-order valence-electron chi connectivity index (χ1n) is 9.20. The van der Waals surface area contributed by atoms with Crippen molar-refractivity contribution in [2.75, 3.05) is 0 Å². The molecular formula is C22H18N6. The summed E-state index contributed by atoms with van der Waals surface area (Å²) < 4.78 is 1.97. The highest BCUT2D eigenvalue weighted by molar-refractivity contribution is 5.86. The third kappa shape index (κ3) is 2.85. The van der Waals surface area contributed by atoms with Gasteiger partial charge < -0.3 is 4.98 Å². The number of pyridine rings is 1. The molecule has 0 saturated carbocycles. The third-order valence-electron chi connectivity index (χ3n) is 4.76. The van der Waals surface area contributed by atoms with E-state index in [4.69, 9.17) is 0 Å². The fraction of sp³-hybridized carbons (Fsp3) is 0.0909. The summed E-state index contributed by atoms with van der Waals surface area (Å²) in [4.78, 5) is 16.5. The number of rotatable bonds is 4. The molecule has 0 atom stereocenters. The maximum absolute atomic E-state index is 4.69. The Hall–Kier alpha value is -3.80. The van der Waals surface area contributed by atoms with E-state index in [2.05, 4.69) is 56.2 Å². The van der Waals surface area contributed by atoms with Gasteiger partial charge in [-0.3, -0.25) is 14.6 Å². The number of nitrogens with zero attached hydrogens (tertiary/aromatic N) is 5. The summed E-state index contributed by atoms with van der Waals surface area (Å²) in [6.45, 7) is 2.84. The normalized spacial score (nSPS) is 11.2. The zero-order valence-corrected chi connectivity index (χ0v) is 15.4. The van der Waals surface area contributed by atoms with Crippen LogP contribution in [0.1, 0.15) is 6.92 Å². The lowest BCUT2D eigenvalue weighted by molar-refractivity contribution is 0.669. The molecule has 5 rings (SSSR count). The van der Waals surface area contributed by atoms with Crippen molar-refractivity contribution in [3.8, 4) is 33.9 Å². The van der Waals surface area contributed by atoms with E-state index >= 15 is 0 Å². The van der Waals surface area contributed by atoms with Gasteiger partial charge in [-0.1, -0.05) is 30.3 Å². The van der Waals surface area contributed by atoms with Gasteiger partial charge in [-0.05, 0) is 30.7 Å². The van der Waals surface area contributed by atoms with Crippen molar-refractivity contribution < 1.29 is 0 Å². The van der Waals surface area contributed by atoms with Crippen molar-refractivity contribution in [2.45, 2.75) is 13.5 Å². The molecule has 0 amide bonds. The minimum absolute atomic E-state index is 0.760. The van der Waals surface area contributed by atoms with Crippen molar-refractivity contribution in [3.05, 3.63) is 73.3 Å². The van der Waals surface area contributed by atoms with Gasteiger partial charge >= 0.3 is 0 Å². The fourth-order valence-electron chi connectivity index (χ4n) is 3.38. The van der Waals surface area contributed by atoms with E-state index in [0.717, 1.165) is 51.5 Å². The third-order valence-corrected chi connectivity index (χ3v) is 4.76. The molecule has 0 aliphatic rings. The zero-order valence-electron chi connectivity index (χ0n) is 15.4. The molecule has 0 saturated heterocycles. The van der Waals surface area contributed by atoms with Crippen LogP contribution in [0.3, 0.4) is 0 Å². The van der Waals surface area contributed by atoms with Crippen LogP contribution in [-0.4, -0.2) is 29.7 Å². The summed E-state index contributed by atoms with van der Waals surface area (Å²) in [6.07, 6.45) is 6.96. The van der Waals surface area contributed by atoms with Gasteiger partial charge in [-0.15, -0.1) is 0 Å². The minimum atomic E-state index is 0.760. The average molecular weight is 366 g/mol. The molecule has 6 nitrogen and oxygen atoms in total. The van der Waals surface area contributed by atoms with Crippen molar-refractivity contribution in [1.29, 1.82) is 0 Å². The Morgan fingerprint density at radius 1 is 0.893 bits per heavy atom. The monoisotopic (exact) mass is 366 g/mol. The van der Waals surface area contributed by atoms with Crippen LogP contribution < -0.4 is 0 Å². The first-order valence-corrected chi connectivity index (χ1v) is 9.20. The lowest BCUT2D eigenvalue weighted by Gasteiger charge is -2.04. The van der Waals surface area contributed by atoms with Gasteiger partial charge in [0.2, 0.25) is 0 Å². The Kier molecular flexibility index (Phi) is 3.94. The van der Waals surface area contributed by atoms with Crippen molar-refractivity contribution in [2.24, 2.45) is 0 Å². The Labute approximate surface area is 161 Å². The predicted octanol–water partition coefficient (Wildman–Crippen LogP) is 4.57. The molecule has 136 valence electrons. The van der Waals surface area contributed by atoms with E-state index in [0.29, 0.717) is 0 Å². The molecule has 28 heavy (non-hydrogen) atoms. The zero-order chi connectivity index (χ0) is 18.9. The van der Waals surface area contributed by atoms with Crippen LogP contribution in [0.25, 0.3) is 44.9 Å². The lowest BCUT2D eigenvalue weighted by atomic mass is 10.1. The highest BCUT2D eigenvalue weighted by Crippen LogP contribution is 2.29. The Balaban J connectivity index is 1.59. The van der Waals surface area contributed by atoms with E-state index in [9.17, 15) is 0 Å². The maximum Gasteiger partial charge on any atom is 0.137 e. The molecule has 0 spiro atoms. The first-order chi connectivity index (χ1) is 13.8. The number of aromatic amines is 1. The summed E-state index contributed by atoms with van der Waals surface area (Å²) >= 11 is 0. The van der Waals surface area contributed by atoms with Crippen molar-refractivity contribution in [3.63, 3.8) is 0 Å². The van der Waals surface area contributed by atoms with E-state index in [1.165, 1.54) is 0 Å². The van der Waals surface area contributed by atoms with Gasteiger partial charge in [0.1, 0.15) is 17.0 Å². The van der Waals surface area contributed by atoms with Crippen LogP contribution in [0.15, 0.2) is 73.3 Å². The quantitative estimate of drug-likeness (QED) is 0.506. The Morgan fingerprint density at radius 2 is 1.79 bits per heavy atom. The summed E-state index contributed by atoms with van der Waals surface area (Å²) in [5, 5.41) is 5.76. The summed E-state index contributed by atoms with van der Waals surface area (Å²) in [7, 11) is 0. The molecule has 4 heterocycles. The molecule has 6 heteroatoms. The van der Waals surface area contributed by atoms with Gasteiger partial charge in [-0.25, -0.2) is 4.98 Å². The van der Waals surface area contributed by atoms with Crippen LogP contribution in [0.4, 0.5) is 0 Å². The highest BCUT2D eigenvalue weighted by Gasteiger charge is 2.13. The Bertz CT molecular complexity index is 1240. The topological polar surface area (TPSA) is 72.3 Å². The van der Waals surface area contributed by atoms with Gasteiger partial charge in [0.15, 0.2) is 0 Å². The summed E-state index contributed by atoms with van der Waals surface area (Å²) in [5.74, 6) is 0. The first kappa shape index (κ1) is 16.4. The smallest absolute Gasteiger partial charge is 0.137 e. The molecular weight excluding hydrogens is 348 g/mol. The van der Waals surface area contributed by atoms with E-state index in [1.54, 1.807) is 18.6 Å². The number of aryl methyl sites for hydroxylation is 1.